The summed E-state index contributed by atoms with van der Waals surface area (Å²) in [6.45, 7) is 0. The van der Waals surface area contributed by atoms with Crippen LogP contribution in [0.5, 0.6) is 5.75 Å². The molecule has 66 valence electrons. The largest absolute Gasteiger partial charge is 0.496 e. The van der Waals surface area contributed by atoms with Crippen molar-refractivity contribution >= 4 is 11.7 Å². The van der Waals surface area contributed by atoms with Crippen LogP contribution in [0.25, 0.3) is 0 Å². The number of methoxy groups -OCH3 is 1. The Balaban J connectivity index is 2.68. The molecule has 1 aromatic carbocycles. The molecule has 0 aromatic heterocycles. The van der Waals surface area contributed by atoms with Crippen molar-refractivity contribution in [2.45, 2.75) is 0 Å². The van der Waals surface area contributed by atoms with Crippen molar-refractivity contribution < 1.29 is 4.74 Å². The minimum absolute atomic E-state index is 0.171. The van der Waals surface area contributed by atoms with Gasteiger partial charge in [-0.05, 0) is 6.07 Å². The number of benzene rings is 1. The molecule has 1 aromatic rings. The minimum Gasteiger partial charge on any atom is -0.496 e. The summed E-state index contributed by atoms with van der Waals surface area (Å²) in [5.41, 5.74) is 7.08. The average molecular weight is 175 g/mol. The Morgan fingerprint density at radius 1 is 1.46 bits per heavy atom. The summed E-state index contributed by atoms with van der Waals surface area (Å²) < 4.78 is 5.11. The Bertz CT molecular complexity index is 409. The standard InChI is InChI=1S/C9H9N3O/c1-13-6-4-2-3-5-7(6)9(11)12-8(5)10/h2-4H,1H3,(H3,10,11,12). The van der Waals surface area contributed by atoms with E-state index in [2.05, 4.69) is 4.99 Å². The molecule has 0 spiro atoms. The zero-order chi connectivity index (χ0) is 9.42. The highest BCUT2D eigenvalue weighted by Gasteiger charge is 2.21. The van der Waals surface area contributed by atoms with Crippen LogP contribution in [-0.2, 0) is 0 Å². The Hall–Kier alpha value is -1.84. The molecule has 0 unspecified atom stereocenters. The number of rotatable bonds is 1. The van der Waals surface area contributed by atoms with Gasteiger partial charge < -0.3 is 10.5 Å². The first kappa shape index (κ1) is 7.79. The van der Waals surface area contributed by atoms with E-state index in [4.69, 9.17) is 15.9 Å². The van der Waals surface area contributed by atoms with Gasteiger partial charge in [0.25, 0.3) is 0 Å². The number of hydrogen-bond acceptors (Lipinski definition) is 3. The molecule has 0 bridgehead atoms. The van der Waals surface area contributed by atoms with E-state index in [9.17, 15) is 0 Å². The maximum atomic E-state index is 7.56. The average Bonchev–Trinajstić information content (AvgIpc) is 2.43. The van der Waals surface area contributed by atoms with Crippen molar-refractivity contribution in [3.8, 4) is 5.75 Å². The van der Waals surface area contributed by atoms with Crippen molar-refractivity contribution in [2.24, 2.45) is 10.7 Å². The third-order valence-electron chi connectivity index (χ3n) is 1.99. The second-order valence-electron chi connectivity index (χ2n) is 2.73. The molecule has 3 N–H and O–H groups in total. The van der Waals surface area contributed by atoms with Gasteiger partial charge in [0.15, 0.2) is 5.84 Å². The van der Waals surface area contributed by atoms with Gasteiger partial charge in [-0.25, -0.2) is 4.99 Å². The normalized spacial score (nSPS) is 13.9. The molecular formula is C9H9N3O. The summed E-state index contributed by atoms with van der Waals surface area (Å²) in [6.07, 6.45) is 0. The maximum Gasteiger partial charge on any atom is 0.158 e. The van der Waals surface area contributed by atoms with Gasteiger partial charge in [-0.15, -0.1) is 0 Å². The molecule has 0 amide bonds. The van der Waals surface area contributed by atoms with Gasteiger partial charge in [0, 0.05) is 5.56 Å². The summed E-state index contributed by atoms with van der Waals surface area (Å²) in [5, 5.41) is 7.56. The summed E-state index contributed by atoms with van der Waals surface area (Å²) >= 11 is 0. The lowest BCUT2D eigenvalue weighted by atomic mass is 10.1. The number of hydrogen-bond donors (Lipinski definition) is 2. The van der Waals surface area contributed by atoms with E-state index in [-0.39, 0.29) is 5.84 Å². The van der Waals surface area contributed by atoms with Crippen LogP contribution in [0.1, 0.15) is 11.1 Å². The molecule has 4 heteroatoms. The number of amidine groups is 2. The highest BCUT2D eigenvalue weighted by atomic mass is 16.5. The first-order valence-electron chi connectivity index (χ1n) is 3.84. The monoisotopic (exact) mass is 175 g/mol. The topological polar surface area (TPSA) is 71.5 Å². The highest BCUT2D eigenvalue weighted by molar-refractivity contribution is 6.22. The Kier molecular flexibility index (Phi) is 1.55. The number of aliphatic imine (C=N–C) groups is 1. The lowest BCUT2D eigenvalue weighted by Gasteiger charge is -2.05. The number of nitrogens with two attached hydrogens (primary N) is 1. The van der Waals surface area contributed by atoms with Gasteiger partial charge in [0.05, 0.1) is 12.7 Å². The van der Waals surface area contributed by atoms with E-state index in [0.717, 1.165) is 5.56 Å². The van der Waals surface area contributed by atoms with Gasteiger partial charge in [-0.1, -0.05) is 12.1 Å². The SMILES string of the molecule is COc1cccc2c1C(=N)N=C2N. The predicted octanol–water partition coefficient (Wildman–Crippen LogP) is 0.739. The molecule has 4 nitrogen and oxygen atoms in total. The van der Waals surface area contributed by atoms with Crippen LogP contribution in [0.15, 0.2) is 23.2 Å². The zero-order valence-corrected chi connectivity index (χ0v) is 7.16. The van der Waals surface area contributed by atoms with Gasteiger partial charge in [-0.2, -0.15) is 0 Å². The first-order chi connectivity index (χ1) is 6.24. The summed E-state index contributed by atoms with van der Waals surface area (Å²) in [5.74, 6) is 1.20. The third kappa shape index (κ3) is 0.989. The summed E-state index contributed by atoms with van der Waals surface area (Å²) in [7, 11) is 1.57. The van der Waals surface area contributed by atoms with Gasteiger partial charge in [-0.3, -0.25) is 5.41 Å². The number of nitrogens with zero attached hydrogens (tertiary/aromatic N) is 1. The lowest BCUT2D eigenvalue weighted by Crippen LogP contribution is -2.10. The van der Waals surface area contributed by atoms with Crippen molar-refractivity contribution in [2.75, 3.05) is 7.11 Å². The van der Waals surface area contributed by atoms with Crippen molar-refractivity contribution in [1.29, 1.82) is 5.41 Å². The molecule has 2 rings (SSSR count). The molecule has 0 atom stereocenters. The van der Waals surface area contributed by atoms with E-state index in [1.54, 1.807) is 13.2 Å². The van der Waals surface area contributed by atoms with Crippen molar-refractivity contribution in [3.63, 3.8) is 0 Å². The first-order valence-corrected chi connectivity index (χ1v) is 3.84. The number of ether oxygens (including phenoxy) is 1. The summed E-state index contributed by atoms with van der Waals surface area (Å²) in [6, 6.07) is 5.46. The second kappa shape index (κ2) is 2.58. The molecule has 1 aliphatic rings. The van der Waals surface area contributed by atoms with Crippen LogP contribution in [-0.4, -0.2) is 18.8 Å². The fourth-order valence-corrected chi connectivity index (χ4v) is 1.40. The summed E-state index contributed by atoms with van der Waals surface area (Å²) in [4.78, 5) is 3.86. The van der Waals surface area contributed by atoms with E-state index in [0.29, 0.717) is 17.1 Å². The van der Waals surface area contributed by atoms with Crippen LogP contribution >= 0.6 is 0 Å². The molecule has 0 fully saturated rings. The lowest BCUT2D eigenvalue weighted by molar-refractivity contribution is 0.414. The Morgan fingerprint density at radius 3 is 2.92 bits per heavy atom. The molecular weight excluding hydrogens is 166 g/mol. The van der Waals surface area contributed by atoms with Crippen LogP contribution in [0, 0.1) is 5.41 Å². The maximum absolute atomic E-state index is 7.56. The quantitative estimate of drug-likeness (QED) is 0.660. The van der Waals surface area contributed by atoms with Crippen LogP contribution in [0.3, 0.4) is 0 Å². The molecule has 0 radical (unpaired) electrons. The smallest absolute Gasteiger partial charge is 0.158 e. The second-order valence-corrected chi connectivity index (χ2v) is 2.73. The highest BCUT2D eigenvalue weighted by Crippen LogP contribution is 2.26. The molecule has 1 aliphatic heterocycles. The van der Waals surface area contributed by atoms with E-state index in [1.165, 1.54) is 0 Å². The van der Waals surface area contributed by atoms with Gasteiger partial charge >= 0.3 is 0 Å². The molecule has 0 saturated carbocycles. The molecule has 13 heavy (non-hydrogen) atoms. The van der Waals surface area contributed by atoms with E-state index < -0.39 is 0 Å². The molecule has 0 aliphatic carbocycles. The third-order valence-corrected chi connectivity index (χ3v) is 1.99. The molecule has 0 saturated heterocycles. The van der Waals surface area contributed by atoms with Crippen molar-refractivity contribution in [3.05, 3.63) is 29.3 Å². The van der Waals surface area contributed by atoms with E-state index in [1.807, 2.05) is 12.1 Å². The Morgan fingerprint density at radius 2 is 2.23 bits per heavy atom. The van der Waals surface area contributed by atoms with Crippen LogP contribution in [0.4, 0.5) is 0 Å². The number of nitrogens with one attached hydrogen (secondary N) is 1. The zero-order valence-electron chi connectivity index (χ0n) is 7.16. The van der Waals surface area contributed by atoms with Gasteiger partial charge in [0.1, 0.15) is 11.6 Å². The fourth-order valence-electron chi connectivity index (χ4n) is 1.40. The number of fused-ring (bicyclic) bond motifs is 1. The van der Waals surface area contributed by atoms with Crippen LogP contribution < -0.4 is 10.5 Å². The Labute approximate surface area is 75.6 Å². The van der Waals surface area contributed by atoms with Crippen LogP contribution in [0.2, 0.25) is 0 Å². The van der Waals surface area contributed by atoms with Gasteiger partial charge in [0.2, 0.25) is 0 Å². The van der Waals surface area contributed by atoms with Crippen molar-refractivity contribution in [1.82, 2.24) is 0 Å². The fraction of sp³-hybridized carbons (Fsp3) is 0.111. The van der Waals surface area contributed by atoms with E-state index >= 15 is 0 Å². The molecule has 1 heterocycles. The predicted molar refractivity (Wildman–Crippen MR) is 50.5 cm³/mol. The minimum atomic E-state index is 0.171.